The smallest absolute Gasteiger partial charge is 0.229 e. The predicted molar refractivity (Wildman–Crippen MR) is 99.3 cm³/mol. The highest BCUT2D eigenvalue weighted by atomic mass is 16.5. The molecule has 7 heteroatoms. The molecule has 7 nitrogen and oxygen atoms in total. The van der Waals surface area contributed by atoms with Crippen molar-refractivity contribution in [3.05, 3.63) is 30.0 Å². The van der Waals surface area contributed by atoms with E-state index in [0.717, 1.165) is 49.1 Å². The Morgan fingerprint density at radius 2 is 1.76 bits per heavy atom. The van der Waals surface area contributed by atoms with Crippen LogP contribution in [0.25, 0.3) is 0 Å². The van der Waals surface area contributed by atoms with Gasteiger partial charge in [0.1, 0.15) is 17.3 Å². The normalized spacial score (nSPS) is 15.1. The van der Waals surface area contributed by atoms with Crippen molar-refractivity contribution in [3.63, 3.8) is 0 Å². The van der Waals surface area contributed by atoms with Crippen LogP contribution in [0.2, 0.25) is 0 Å². The maximum absolute atomic E-state index is 5.43. The van der Waals surface area contributed by atoms with Crippen LogP contribution in [-0.4, -0.2) is 62.3 Å². The Morgan fingerprint density at radius 1 is 1.00 bits per heavy atom. The van der Waals surface area contributed by atoms with Gasteiger partial charge >= 0.3 is 0 Å². The van der Waals surface area contributed by atoms with Crippen LogP contribution >= 0.6 is 0 Å². The number of hydrogen-bond donors (Lipinski definition) is 1. The average Bonchev–Trinajstić information content (AvgIpc) is 2.62. The van der Waals surface area contributed by atoms with Gasteiger partial charge in [0.05, 0.1) is 19.9 Å². The number of likely N-dealkylation sites (N-methyl/N-ethyl adjacent to an activating group) is 1. The highest BCUT2D eigenvalue weighted by molar-refractivity contribution is 5.65. The maximum atomic E-state index is 5.43. The predicted octanol–water partition coefficient (Wildman–Crippen LogP) is 2.30. The number of rotatable bonds is 5. The van der Waals surface area contributed by atoms with Gasteiger partial charge in [-0.25, -0.2) is 4.98 Å². The highest BCUT2D eigenvalue weighted by Crippen LogP contribution is 2.31. The van der Waals surface area contributed by atoms with Gasteiger partial charge in [-0.05, 0) is 26.1 Å². The van der Waals surface area contributed by atoms with Crippen LogP contribution in [0.15, 0.2) is 24.3 Å². The maximum Gasteiger partial charge on any atom is 0.229 e. The molecule has 0 unspecified atom stereocenters. The van der Waals surface area contributed by atoms with E-state index in [2.05, 4.69) is 27.1 Å². The van der Waals surface area contributed by atoms with E-state index in [9.17, 15) is 0 Å². The molecule has 0 radical (unpaired) electrons. The third-order valence-electron chi connectivity index (χ3n) is 4.32. The van der Waals surface area contributed by atoms with Crippen LogP contribution < -0.4 is 19.7 Å². The summed E-state index contributed by atoms with van der Waals surface area (Å²) >= 11 is 0. The second kappa shape index (κ2) is 7.57. The standard InChI is InChI=1S/C18H25N5O2/c1-13-11-17(23-9-7-22(2)8-10-23)21-18(19-13)20-15-6-5-14(24-3)12-16(15)25-4/h5-6,11-12H,7-10H2,1-4H3,(H,19,20,21). The first kappa shape index (κ1) is 17.3. The molecule has 0 spiro atoms. The van der Waals surface area contributed by atoms with Crippen molar-refractivity contribution in [2.75, 3.05) is 57.7 Å². The fourth-order valence-corrected chi connectivity index (χ4v) is 2.83. The van der Waals surface area contributed by atoms with Gasteiger partial charge in [-0.15, -0.1) is 0 Å². The van der Waals surface area contributed by atoms with Crippen LogP contribution in [0.5, 0.6) is 11.5 Å². The lowest BCUT2D eigenvalue weighted by Gasteiger charge is -2.33. The van der Waals surface area contributed by atoms with Crippen molar-refractivity contribution in [2.45, 2.75) is 6.92 Å². The molecule has 134 valence electrons. The lowest BCUT2D eigenvalue weighted by molar-refractivity contribution is 0.312. The van der Waals surface area contributed by atoms with Gasteiger partial charge < -0.3 is 24.6 Å². The van der Waals surface area contributed by atoms with E-state index in [-0.39, 0.29) is 0 Å². The molecule has 1 aliphatic heterocycles. The third kappa shape index (κ3) is 4.11. The molecule has 1 aromatic carbocycles. The molecule has 0 atom stereocenters. The van der Waals surface area contributed by atoms with E-state index < -0.39 is 0 Å². The molecule has 0 amide bonds. The Hall–Kier alpha value is -2.54. The summed E-state index contributed by atoms with van der Waals surface area (Å²) in [5.74, 6) is 2.95. The van der Waals surface area contributed by atoms with Crippen LogP contribution in [0.4, 0.5) is 17.5 Å². The van der Waals surface area contributed by atoms with E-state index in [0.29, 0.717) is 11.7 Å². The number of aromatic nitrogens is 2. The molecule has 3 rings (SSSR count). The Morgan fingerprint density at radius 3 is 2.44 bits per heavy atom. The number of benzene rings is 1. The second-order valence-electron chi connectivity index (χ2n) is 6.17. The number of aryl methyl sites for hydroxylation is 1. The molecule has 0 saturated carbocycles. The monoisotopic (exact) mass is 343 g/mol. The number of anilines is 3. The van der Waals surface area contributed by atoms with E-state index in [1.54, 1.807) is 14.2 Å². The van der Waals surface area contributed by atoms with Gasteiger partial charge in [0.15, 0.2) is 0 Å². The number of piperazine rings is 1. The van der Waals surface area contributed by atoms with Crippen molar-refractivity contribution < 1.29 is 9.47 Å². The van der Waals surface area contributed by atoms with Crippen molar-refractivity contribution >= 4 is 17.5 Å². The molecule has 1 fully saturated rings. The topological polar surface area (TPSA) is 62.8 Å². The van der Waals surface area contributed by atoms with Gasteiger partial charge in [0, 0.05) is 44.0 Å². The summed E-state index contributed by atoms with van der Waals surface area (Å²) in [6.45, 7) is 6.00. The van der Waals surface area contributed by atoms with E-state index in [1.165, 1.54) is 0 Å². The average molecular weight is 343 g/mol. The molecule has 0 aliphatic carbocycles. The summed E-state index contributed by atoms with van der Waals surface area (Å²) in [6.07, 6.45) is 0. The molecule has 1 aromatic heterocycles. The van der Waals surface area contributed by atoms with E-state index in [1.807, 2.05) is 31.2 Å². The Kier molecular flexibility index (Phi) is 5.23. The van der Waals surface area contributed by atoms with E-state index >= 15 is 0 Å². The molecule has 1 saturated heterocycles. The second-order valence-corrected chi connectivity index (χ2v) is 6.17. The number of ether oxygens (including phenoxy) is 2. The first-order valence-electron chi connectivity index (χ1n) is 8.37. The van der Waals surface area contributed by atoms with Crippen LogP contribution in [0.1, 0.15) is 5.69 Å². The zero-order valence-corrected chi connectivity index (χ0v) is 15.2. The van der Waals surface area contributed by atoms with Gasteiger partial charge in [-0.3, -0.25) is 0 Å². The lowest BCUT2D eigenvalue weighted by atomic mass is 10.2. The number of methoxy groups -OCH3 is 2. The molecule has 2 heterocycles. The Bertz CT molecular complexity index is 729. The first-order valence-corrected chi connectivity index (χ1v) is 8.37. The number of hydrogen-bond acceptors (Lipinski definition) is 7. The summed E-state index contributed by atoms with van der Waals surface area (Å²) in [5, 5.41) is 3.26. The van der Waals surface area contributed by atoms with Crippen molar-refractivity contribution in [1.29, 1.82) is 0 Å². The molecular weight excluding hydrogens is 318 g/mol. The Labute approximate surface area is 148 Å². The van der Waals surface area contributed by atoms with Crippen molar-refractivity contribution in [2.24, 2.45) is 0 Å². The fourth-order valence-electron chi connectivity index (χ4n) is 2.83. The number of nitrogens with zero attached hydrogens (tertiary/aromatic N) is 4. The number of nitrogens with one attached hydrogen (secondary N) is 1. The summed E-state index contributed by atoms with van der Waals surface area (Å²) in [6, 6.07) is 7.64. The van der Waals surface area contributed by atoms with Gasteiger partial charge in [-0.2, -0.15) is 4.98 Å². The Balaban J connectivity index is 1.83. The van der Waals surface area contributed by atoms with Crippen LogP contribution in [-0.2, 0) is 0 Å². The van der Waals surface area contributed by atoms with Crippen molar-refractivity contribution in [1.82, 2.24) is 14.9 Å². The SMILES string of the molecule is COc1ccc(Nc2nc(C)cc(N3CCN(C)CC3)n2)c(OC)c1. The highest BCUT2D eigenvalue weighted by Gasteiger charge is 2.17. The quantitative estimate of drug-likeness (QED) is 0.894. The zero-order chi connectivity index (χ0) is 17.8. The van der Waals surface area contributed by atoms with Gasteiger partial charge in [-0.1, -0.05) is 0 Å². The van der Waals surface area contributed by atoms with Crippen LogP contribution in [0, 0.1) is 6.92 Å². The largest absolute Gasteiger partial charge is 0.497 e. The molecule has 1 N–H and O–H groups in total. The molecule has 0 bridgehead atoms. The minimum Gasteiger partial charge on any atom is -0.497 e. The third-order valence-corrected chi connectivity index (χ3v) is 4.32. The van der Waals surface area contributed by atoms with E-state index in [4.69, 9.17) is 14.5 Å². The molecule has 2 aromatic rings. The lowest BCUT2D eigenvalue weighted by Crippen LogP contribution is -2.44. The molecule has 1 aliphatic rings. The first-order chi connectivity index (χ1) is 12.1. The fraction of sp³-hybridized carbons (Fsp3) is 0.444. The molecular formula is C18H25N5O2. The summed E-state index contributed by atoms with van der Waals surface area (Å²) < 4.78 is 10.7. The summed E-state index contributed by atoms with van der Waals surface area (Å²) in [5.41, 5.74) is 1.73. The van der Waals surface area contributed by atoms with Gasteiger partial charge in [0.25, 0.3) is 0 Å². The summed E-state index contributed by atoms with van der Waals surface area (Å²) in [7, 11) is 5.41. The molecule has 25 heavy (non-hydrogen) atoms. The minimum atomic E-state index is 0.567. The zero-order valence-electron chi connectivity index (χ0n) is 15.2. The van der Waals surface area contributed by atoms with Crippen molar-refractivity contribution in [3.8, 4) is 11.5 Å². The van der Waals surface area contributed by atoms with Crippen LogP contribution in [0.3, 0.4) is 0 Å². The van der Waals surface area contributed by atoms with Gasteiger partial charge in [0.2, 0.25) is 5.95 Å². The summed E-state index contributed by atoms with van der Waals surface area (Å²) in [4.78, 5) is 13.8. The minimum absolute atomic E-state index is 0.567.